The molecule has 0 radical (unpaired) electrons. The molecule has 7 nitrogen and oxygen atoms in total. The van der Waals surface area contributed by atoms with Crippen LogP contribution >= 0.6 is 11.6 Å². The number of anilines is 2. The maximum absolute atomic E-state index is 13.1. The van der Waals surface area contributed by atoms with Gasteiger partial charge in [0.2, 0.25) is 5.96 Å². The number of hydrogen-bond donors (Lipinski definition) is 1. The summed E-state index contributed by atoms with van der Waals surface area (Å²) in [6.07, 6.45) is 1.27. The summed E-state index contributed by atoms with van der Waals surface area (Å²) in [5, 5.41) is 12.4. The zero-order chi connectivity index (χ0) is 20.7. The third-order valence-corrected chi connectivity index (χ3v) is 6.22. The van der Waals surface area contributed by atoms with Gasteiger partial charge in [-0.15, -0.1) is 5.10 Å². The van der Waals surface area contributed by atoms with E-state index in [-0.39, 0.29) is 11.2 Å². The first-order valence-corrected chi connectivity index (χ1v) is 10.4. The average Bonchev–Trinajstić information content (AvgIpc) is 2.88. The molecule has 2 aromatic rings. The molecule has 1 N–H and O–H groups in total. The predicted octanol–water partition coefficient (Wildman–Crippen LogP) is 2.58. The Balaban J connectivity index is 1.30. The second-order valence-electron chi connectivity index (χ2n) is 8.19. The van der Waals surface area contributed by atoms with Crippen molar-refractivity contribution in [3.05, 3.63) is 52.9 Å². The molecule has 9 heteroatoms. The van der Waals surface area contributed by atoms with E-state index in [2.05, 4.69) is 41.9 Å². The molecular formula is C21H23ClFN7. The molecule has 30 heavy (non-hydrogen) atoms. The fourth-order valence-electron chi connectivity index (χ4n) is 4.64. The molecule has 1 aromatic heterocycles. The van der Waals surface area contributed by atoms with E-state index in [1.54, 1.807) is 6.07 Å². The van der Waals surface area contributed by atoms with Gasteiger partial charge in [0.25, 0.3) is 0 Å². The summed E-state index contributed by atoms with van der Waals surface area (Å²) in [7, 11) is 0. The van der Waals surface area contributed by atoms with E-state index in [0.29, 0.717) is 0 Å². The fourth-order valence-corrected chi connectivity index (χ4v) is 4.83. The van der Waals surface area contributed by atoms with Gasteiger partial charge >= 0.3 is 0 Å². The lowest BCUT2D eigenvalue weighted by Gasteiger charge is -2.61. The molecule has 1 spiro atoms. The van der Waals surface area contributed by atoms with E-state index in [1.165, 1.54) is 12.3 Å². The summed E-state index contributed by atoms with van der Waals surface area (Å²) in [6, 6.07) is 9.15. The minimum Gasteiger partial charge on any atom is -0.355 e. The van der Waals surface area contributed by atoms with E-state index in [0.717, 1.165) is 73.9 Å². The van der Waals surface area contributed by atoms with Gasteiger partial charge in [-0.25, -0.2) is 9.37 Å². The van der Waals surface area contributed by atoms with Crippen LogP contribution in [-0.2, 0) is 6.54 Å². The van der Waals surface area contributed by atoms with Gasteiger partial charge in [0, 0.05) is 68.7 Å². The van der Waals surface area contributed by atoms with E-state index in [9.17, 15) is 4.39 Å². The highest BCUT2D eigenvalue weighted by Crippen LogP contribution is 2.42. The fraction of sp³-hybridized carbons (Fsp3) is 0.381. The van der Waals surface area contributed by atoms with Gasteiger partial charge in [-0.2, -0.15) is 5.10 Å². The van der Waals surface area contributed by atoms with E-state index in [1.807, 2.05) is 18.2 Å². The molecule has 156 valence electrons. The number of fused-ring (bicyclic) bond motifs is 1. The van der Waals surface area contributed by atoms with E-state index in [4.69, 9.17) is 11.6 Å². The quantitative estimate of drug-likeness (QED) is 0.453. The van der Waals surface area contributed by atoms with Crippen LogP contribution in [0.25, 0.3) is 0 Å². The van der Waals surface area contributed by atoms with Crippen LogP contribution in [0.2, 0.25) is 5.02 Å². The zero-order valence-electron chi connectivity index (χ0n) is 16.6. The second-order valence-corrected chi connectivity index (χ2v) is 8.63. The van der Waals surface area contributed by atoms with Gasteiger partial charge in [-0.1, -0.05) is 11.6 Å². The number of benzene rings is 1. The van der Waals surface area contributed by atoms with Gasteiger partial charge in [-0.3, -0.25) is 0 Å². The lowest BCUT2D eigenvalue weighted by molar-refractivity contribution is 0.0273. The zero-order valence-corrected chi connectivity index (χ0v) is 17.3. The number of rotatable bonds is 2. The van der Waals surface area contributed by atoms with Crippen molar-refractivity contribution in [3.63, 3.8) is 0 Å². The van der Waals surface area contributed by atoms with Crippen molar-refractivity contribution in [2.75, 3.05) is 49.1 Å². The van der Waals surface area contributed by atoms with Crippen molar-refractivity contribution >= 4 is 35.8 Å². The van der Waals surface area contributed by atoms with Crippen LogP contribution in [-0.4, -0.2) is 61.8 Å². The molecule has 0 bridgehead atoms. The Morgan fingerprint density at radius 1 is 1.20 bits per heavy atom. The topological polar surface area (TPSA) is 59.4 Å². The van der Waals surface area contributed by atoms with Gasteiger partial charge in [-0.05, 0) is 35.9 Å². The van der Waals surface area contributed by atoms with Crippen LogP contribution < -0.4 is 15.1 Å². The molecular weight excluding hydrogens is 405 g/mol. The highest BCUT2D eigenvalue weighted by atomic mass is 35.5. The highest BCUT2D eigenvalue weighted by Gasteiger charge is 2.53. The Kier molecular flexibility index (Phi) is 4.83. The first-order valence-electron chi connectivity index (χ1n) is 9.99. The molecule has 1 aromatic carbocycles. The molecule has 3 aliphatic heterocycles. The monoisotopic (exact) mass is 427 g/mol. The van der Waals surface area contributed by atoms with E-state index < -0.39 is 0 Å². The highest BCUT2D eigenvalue weighted by molar-refractivity contribution is 6.30. The minimum absolute atomic E-state index is 0.213. The molecule has 0 amide bonds. The molecule has 0 atom stereocenters. The maximum atomic E-state index is 13.1. The Hall–Kier alpha value is -2.71. The summed E-state index contributed by atoms with van der Waals surface area (Å²) in [4.78, 5) is 10.8. The first-order chi connectivity index (χ1) is 14.6. The van der Waals surface area contributed by atoms with E-state index >= 15 is 0 Å². The number of pyridine rings is 1. The number of nitrogens with one attached hydrogen (secondary N) is 1. The number of aromatic nitrogens is 1. The summed E-state index contributed by atoms with van der Waals surface area (Å²) >= 11 is 6.21. The Morgan fingerprint density at radius 2 is 2.03 bits per heavy atom. The molecule has 5 rings (SSSR count). The van der Waals surface area contributed by atoms with Crippen LogP contribution in [0.1, 0.15) is 5.56 Å². The molecule has 0 unspecified atom stereocenters. The number of halogens is 2. The summed E-state index contributed by atoms with van der Waals surface area (Å²) < 4.78 is 13.1. The van der Waals surface area contributed by atoms with Gasteiger partial charge < -0.3 is 20.0 Å². The average molecular weight is 428 g/mol. The Bertz CT molecular complexity index is 979. The Labute approximate surface area is 179 Å². The second kappa shape index (κ2) is 7.52. The number of hydrogen-bond acceptors (Lipinski definition) is 5. The molecule has 0 saturated carbocycles. The summed E-state index contributed by atoms with van der Waals surface area (Å²) in [6.45, 7) is 9.59. The minimum atomic E-state index is -0.310. The lowest BCUT2D eigenvalue weighted by atomic mass is 9.73. The van der Waals surface area contributed by atoms with Gasteiger partial charge in [0.05, 0.1) is 6.20 Å². The Morgan fingerprint density at radius 3 is 2.77 bits per heavy atom. The van der Waals surface area contributed by atoms with Crippen molar-refractivity contribution in [1.82, 2.24) is 15.2 Å². The van der Waals surface area contributed by atoms with Crippen LogP contribution in [0.4, 0.5) is 15.9 Å². The number of likely N-dealkylation sites (tertiary alicyclic amines) is 1. The SMILES string of the molecule is C=N/N=C(/N1CC2(C1)CN(c1ccc(F)cn1)C2)N1CCNCc2cc(Cl)ccc21. The molecule has 2 fully saturated rings. The van der Waals surface area contributed by atoms with Gasteiger partial charge in [0.1, 0.15) is 11.6 Å². The summed E-state index contributed by atoms with van der Waals surface area (Å²) in [5.41, 5.74) is 2.45. The van der Waals surface area contributed by atoms with Crippen LogP contribution in [0, 0.1) is 11.2 Å². The smallest absolute Gasteiger partial charge is 0.226 e. The van der Waals surface area contributed by atoms with Crippen LogP contribution in [0.5, 0.6) is 0 Å². The third kappa shape index (κ3) is 3.40. The van der Waals surface area contributed by atoms with Crippen molar-refractivity contribution in [3.8, 4) is 0 Å². The normalized spacial score (nSPS) is 20.3. The first kappa shape index (κ1) is 19.3. The van der Waals surface area contributed by atoms with Gasteiger partial charge in [0.15, 0.2) is 0 Å². The molecule has 2 saturated heterocycles. The molecule has 3 aliphatic rings. The third-order valence-electron chi connectivity index (χ3n) is 5.99. The van der Waals surface area contributed by atoms with Crippen molar-refractivity contribution < 1.29 is 4.39 Å². The number of nitrogens with zero attached hydrogens (tertiary/aromatic N) is 6. The van der Waals surface area contributed by atoms with Crippen LogP contribution in [0.15, 0.2) is 46.7 Å². The largest absolute Gasteiger partial charge is 0.355 e. The van der Waals surface area contributed by atoms with Crippen molar-refractivity contribution in [2.24, 2.45) is 15.6 Å². The standard InChI is InChI=1S/C21H23ClFN7/c1-24-27-20(30-7-6-25-9-15-8-16(22)2-4-18(15)30)29-13-21(14-29)11-28(12-21)19-5-3-17(23)10-26-19/h2-5,8,10,25H,1,6-7,9,11-14H2/b27-20-. The predicted molar refractivity (Wildman–Crippen MR) is 118 cm³/mol. The van der Waals surface area contributed by atoms with Crippen LogP contribution in [0.3, 0.4) is 0 Å². The number of guanidine groups is 1. The van der Waals surface area contributed by atoms with Crippen molar-refractivity contribution in [1.29, 1.82) is 0 Å². The molecule has 0 aliphatic carbocycles. The summed E-state index contributed by atoms with van der Waals surface area (Å²) in [5.74, 6) is 1.34. The lowest BCUT2D eigenvalue weighted by Crippen LogP contribution is -2.74. The maximum Gasteiger partial charge on any atom is 0.226 e. The van der Waals surface area contributed by atoms with Crippen molar-refractivity contribution in [2.45, 2.75) is 6.54 Å². The molecule has 4 heterocycles.